The molecular formula is C20H18N6O6S2. The van der Waals surface area contributed by atoms with Crippen LogP contribution in [0.1, 0.15) is 17.0 Å². The molecule has 0 saturated carbocycles. The molecule has 0 unspecified atom stereocenters. The lowest BCUT2D eigenvalue weighted by molar-refractivity contribution is -0.384. The van der Waals surface area contributed by atoms with E-state index in [-0.39, 0.29) is 22.1 Å². The van der Waals surface area contributed by atoms with Crippen LogP contribution in [-0.2, 0) is 14.6 Å². The molecule has 0 spiro atoms. The third-order valence-electron chi connectivity index (χ3n) is 4.71. The number of sulfone groups is 1. The highest BCUT2D eigenvalue weighted by molar-refractivity contribution is 7.90. The van der Waals surface area contributed by atoms with Crippen LogP contribution in [-0.4, -0.2) is 46.5 Å². The van der Waals surface area contributed by atoms with Crippen molar-refractivity contribution in [2.24, 2.45) is 0 Å². The number of ether oxygens (including phenoxy) is 1. The number of nitrogens with one attached hydrogen (secondary N) is 1. The van der Waals surface area contributed by atoms with Gasteiger partial charge in [-0.25, -0.2) is 8.42 Å². The lowest BCUT2D eigenvalue weighted by Crippen LogP contribution is -2.13. The van der Waals surface area contributed by atoms with Crippen LogP contribution in [0.25, 0.3) is 11.8 Å². The van der Waals surface area contributed by atoms with Gasteiger partial charge in [-0.15, -0.1) is 0 Å². The standard InChI is InChI=1S/C20H18N6O6S2/c1-11-7-13(12(2)25(11)16-6-5-15(26(28)29)9-17(16)32-3)8-14(10-21)18(27)22-19-23-20(24-33-19)34(4,30)31/h5-9H,1-4H3,(H,22,23,24,27)/b14-8-. The van der Waals surface area contributed by atoms with Gasteiger partial charge in [-0.2, -0.15) is 14.6 Å². The van der Waals surface area contributed by atoms with Gasteiger partial charge in [0.15, 0.2) is 0 Å². The number of aryl methyl sites for hydroxylation is 1. The molecule has 0 bridgehead atoms. The Bertz CT molecular complexity index is 1480. The molecule has 0 aliphatic rings. The van der Waals surface area contributed by atoms with E-state index in [1.165, 1.54) is 25.3 Å². The molecule has 1 N–H and O–H groups in total. The zero-order valence-electron chi connectivity index (χ0n) is 18.4. The minimum Gasteiger partial charge on any atom is -0.494 e. The summed E-state index contributed by atoms with van der Waals surface area (Å²) >= 11 is 0.678. The number of non-ortho nitro benzene ring substituents is 1. The Hall–Kier alpha value is -4.09. The van der Waals surface area contributed by atoms with Crippen molar-refractivity contribution >= 4 is 44.2 Å². The molecule has 1 aromatic carbocycles. The van der Waals surface area contributed by atoms with Crippen LogP contribution < -0.4 is 10.1 Å². The van der Waals surface area contributed by atoms with Crippen molar-refractivity contribution in [3.8, 4) is 17.5 Å². The molecule has 12 nitrogen and oxygen atoms in total. The zero-order chi connectivity index (χ0) is 25.2. The van der Waals surface area contributed by atoms with Gasteiger partial charge in [-0.1, -0.05) is 0 Å². The molecule has 34 heavy (non-hydrogen) atoms. The van der Waals surface area contributed by atoms with Gasteiger partial charge in [0.05, 0.1) is 23.8 Å². The van der Waals surface area contributed by atoms with E-state index in [1.54, 1.807) is 30.5 Å². The summed E-state index contributed by atoms with van der Waals surface area (Å²) in [5, 5.41) is 22.5. The van der Waals surface area contributed by atoms with Crippen molar-refractivity contribution in [2.45, 2.75) is 19.0 Å². The molecule has 14 heteroatoms. The molecule has 1 amide bonds. The van der Waals surface area contributed by atoms with Crippen LogP contribution >= 0.6 is 11.5 Å². The average molecular weight is 503 g/mol. The predicted octanol–water partition coefficient (Wildman–Crippen LogP) is 2.81. The fraction of sp³-hybridized carbons (Fsp3) is 0.200. The highest BCUT2D eigenvalue weighted by Gasteiger charge is 2.20. The smallest absolute Gasteiger partial charge is 0.273 e. The zero-order valence-corrected chi connectivity index (χ0v) is 20.0. The summed E-state index contributed by atoms with van der Waals surface area (Å²) in [7, 11) is -2.23. The van der Waals surface area contributed by atoms with Crippen LogP contribution in [0.4, 0.5) is 10.8 Å². The van der Waals surface area contributed by atoms with Crippen molar-refractivity contribution in [3.63, 3.8) is 0 Å². The van der Waals surface area contributed by atoms with Gasteiger partial charge in [0.25, 0.3) is 16.8 Å². The van der Waals surface area contributed by atoms with Gasteiger partial charge in [0.2, 0.25) is 15.0 Å². The second-order valence-corrected chi connectivity index (χ2v) is 9.71. The van der Waals surface area contributed by atoms with E-state index in [0.717, 1.165) is 11.9 Å². The number of anilines is 1. The Kier molecular flexibility index (Phi) is 6.80. The number of benzene rings is 1. The summed E-state index contributed by atoms with van der Waals surface area (Å²) in [4.78, 5) is 26.9. The monoisotopic (exact) mass is 502 g/mol. The molecule has 176 valence electrons. The Morgan fingerprint density at radius 3 is 2.62 bits per heavy atom. The van der Waals surface area contributed by atoms with E-state index >= 15 is 0 Å². The van der Waals surface area contributed by atoms with E-state index in [9.17, 15) is 28.6 Å². The number of nitro benzene ring substituents is 1. The first kappa shape index (κ1) is 24.6. The van der Waals surface area contributed by atoms with Gasteiger partial charge in [-0.3, -0.25) is 20.2 Å². The number of nitrogens with zero attached hydrogens (tertiary/aromatic N) is 5. The number of rotatable bonds is 7. The van der Waals surface area contributed by atoms with E-state index < -0.39 is 25.8 Å². The highest BCUT2D eigenvalue weighted by Crippen LogP contribution is 2.32. The van der Waals surface area contributed by atoms with Gasteiger partial charge in [0.1, 0.15) is 17.4 Å². The fourth-order valence-corrected chi connectivity index (χ4v) is 4.59. The maximum atomic E-state index is 12.6. The number of hydrogen-bond donors (Lipinski definition) is 1. The summed E-state index contributed by atoms with van der Waals surface area (Å²) in [5.74, 6) is -0.501. The van der Waals surface area contributed by atoms with Crippen LogP contribution in [0.5, 0.6) is 5.75 Å². The predicted molar refractivity (Wildman–Crippen MR) is 124 cm³/mol. The molecule has 0 fully saturated rings. The van der Waals surface area contributed by atoms with Gasteiger partial charge >= 0.3 is 0 Å². The van der Waals surface area contributed by atoms with Crippen molar-refractivity contribution < 1.29 is 22.9 Å². The van der Waals surface area contributed by atoms with Crippen LogP contribution in [0, 0.1) is 35.3 Å². The largest absolute Gasteiger partial charge is 0.494 e. The molecule has 0 aliphatic carbocycles. The van der Waals surface area contributed by atoms with Crippen molar-refractivity contribution in [1.82, 2.24) is 13.9 Å². The van der Waals surface area contributed by atoms with Crippen LogP contribution in [0.2, 0.25) is 0 Å². The van der Waals surface area contributed by atoms with Crippen molar-refractivity contribution in [3.05, 3.63) is 56.9 Å². The first-order valence-corrected chi connectivity index (χ1v) is 12.1. The molecule has 2 heterocycles. The Labute approximate surface area is 198 Å². The van der Waals surface area contributed by atoms with Crippen LogP contribution in [0.3, 0.4) is 0 Å². The third-order valence-corrected chi connectivity index (χ3v) is 6.30. The minimum atomic E-state index is -3.63. The second-order valence-electron chi connectivity index (χ2n) is 7.05. The van der Waals surface area contributed by atoms with Gasteiger partial charge in [-0.05, 0) is 37.6 Å². The fourth-order valence-electron chi connectivity index (χ4n) is 3.15. The highest BCUT2D eigenvalue weighted by atomic mass is 32.2. The van der Waals surface area contributed by atoms with Crippen LogP contribution in [0.15, 0.2) is 35.0 Å². The van der Waals surface area contributed by atoms with Crippen molar-refractivity contribution in [1.29, 1.82) is 5.26 Å². The maximum absolute atomic E-state index is 12.6. The molecule has 3 aromatic rings. The summed E-state index contributed by atoms with van der Waals surface area (Å²) in [6.45, 7) is 3.56. The Morgan fingerprint density at radius 2 is 2.06 bits per heavy atom. The SMILES string of the molecule is COc1cc([N+](=O)[O-])ccc1-n1c(C)cc(/C=C(/C#N)C(=O)Nc2nc(S(C)(=O)=O)ns2)c1C. The molecule has 0 atom stereocenters. The summed E-state index contributed by atoms with van der Waals surface area (Å²) < 4.78 is 33.8. The Balaban J connectivity index is 1.96. The van der Waals surface area contributed by atoms with Gasteiger partial charge < -0.3 is 9.30 Å². The minimum absolute atomic E-state index is 0.0623. The lowest BCUT2D eigenvalue weighted by Gasteiger charge is -2.13. The molecule has 0 saturated heterocycles. The number of carbonyl (C=O) groups excluding carboxylic acids is 1. The van der Waals surface area contributed by atoms with Crippen molar-refractivity contribution in [2.75, 3.05) is 18.7 Å². The number of amides is 1. The molecule has 2 aromatic heterocycles. The maximum Gasteiger partial charge on any atom is 0.273 e. The first-order chi connectivity index (χ1) is 16.0. The lowest BCUT2D eigenvalue weighted by atomic mass is 10.1. The summed E-state index contributed by atoms with van der Waals surface area (Å²) in [6, 6.07) is 7.79. The quantitative estimate of drug-likeness (QED) is 0.221. The third kappa shape index (κ3) is 4.95. The normalized spacial score (nSPS) is 11.7. The second kappa shape index (κ2) is 9.41. The van der Waals surface area contributed by atoms with E-state index in [2.05, 4.69) is 14.7 Å². The summed E-state index contributed by atoms with van der Waals surface area (Å²) in [6.07, 6.45) is 2.32. The van der Waals surface area contributed by atoms with E-state index in [0.29, 0.717) is 28.5 Å². The Morgan fingerprint density at radius 1 is 1.35 bits per heavy atom. The number of aromatic nitrogens is 3. The topological polar surface area (TPSA) is 170 Å². The number of nitro groups is 1. The number of nitriles is 1. The number of hydrogen-bond acceptors (Lipinski definition) is 10. The van der Waals surface area contributed by atoms with E-state index in [4.69, 9.17) is 4.74 Å². The molecule has 3 rings (SSSR count). The number of carbonyl (C=O) groups is 1. The average Bonchev–Trinajstić information content (AvgIpc) is 3.35. The van der Waals surface area contributed by atoms with E-state index in [1.807, 2.05) is 6.07 Å². The van der Waals surface area contributed by atoms with Gasteiger partial charge in [0, 0.05) is 35.2 Å². The number of methoxy groups -OCH3 is 1. The summed E-state index contributed by atoms with van der Waals surface area (Å²) in [5.41, 5.74) is 2.12. The molecular weight excluding hydrogens is 484 g/mol. The first-order valence-electron chi connectivity index (χ1n) is 9.45. The molecule has 0 aliphatic heterocycles. The molecule has 0 radical (unpaired) electrons.